The molecule has 7 aromatic carbocycles. The minimum atomic E-state index is -1.76. The van der Waals surface area contributed by atoms with Gasteiger partial charge >= 0.3 is 5.97 Å². The first-order valence-electron chi connectivity index (χ1n) is 24.5. The fourth-order valence-corrected chi connectivity index (χ4v) is 16.1. The van der Waals surface area contributed by atoms with Gasteiger partial charge in [-0.15, -0.1) is 11.8 Å². The second-order valence-corrected chi connectivity index (χ2v) is 22.7. The normalized spacial score (nSPS) is 16.3. The lowest BCUT2D eigenvalue weighted by Crippen LogP contribution is -2.45. The molecule has 0 aliphatic carbocycles. The summed E-state index contributed by atoms with van der Waals surface area (Å²) in [6.07, 6.45) is 3.35. The molecule has 1 amide bonds. The third-order valence-electron chi connectivity index (χ3n) is 14.0. The van der Waals surface area contributed by atoms with Crippen LogP contribution in [0.5, 0.6) is 0 Å². The van der Waals surface area contributed by atoms with E-state index in [-0.39, 0.29) is 36.3 Å². The Kier molecular flexibility index (Phi) is 16.1. The molecule has 2 unspecified atom stereocenters. The number of fused-ring (bicyclic) bond motifs is 2. The van der Waals surface area contributed by atoms with Gasteiger partial charge in [-0.2, -0.15) is 10.0 Å². The Morgan fingerprint density at radius 1 is 0.671 bits per heavy atom. The number of carbonyl (C=O) groups excluding carboxylic acids is 2. The number of carbonyl (C=O) groups is 2. The highest BCUT2D eigenvalue weighted by Gasteiger charge is 2.44. The van der Waals surface area contributed by atoms with E-state index in [1.54, 1.807) is 12.1 Å². The van der Waals surface area contributed by atoms with Crippen molar-refractivity contribution in [3.05, 3.63) is 240 Å². The van der Waals surface area contributed by atoms with Crippen LogP contribution in [-0.2, 0) is 19.1 Å². The number of hydrogen-bond donors (Lipinski definition) is 1. The van der Waals surface area contributed by atoms with Gasteiger partial charge in [0.2, 0.25) is 5.91 Å². The van der Waals surface area contributed by atoms with Crippen molar-refractivity contribution >= 4 is 39.2 Å². The number of methoxy groups -OCH3 is 1. The summed E-state index contributed by atoms with van der Waals surface area (Å²) in [7, 11) is -0.312. The summed E-state index contributed by atoms with van der Waals surface area (Å²) < 4.78 is 18.9. The minimum absolute atomic E-state index is 0.00274. The standard InChI is InChI=1S/C61H62FN3O3S2/c1-68-60(67)59-56(47-33-35-51(62)36-34-47)45-52-37-38-57(59)65(52)41-20-40-64(42-44-70(53-27-14-5-15-28-53,54-29-16-6-17-30-54)55-31-18-7-19-32-55)46-58(66)63-39-43-69-61(48-21-8-2-9-22-48,49-23-10-3-11-24-49)50-25-12-4-13-26-50/h2-19,21-36,52,57H,20,37-46H2,1H3,(H,63,66). The van der Waals surface area contributed by atoms with Gasteiger partial charge in [0.25, 0.3) is 0 Å². The summed E-state index contributed by atoms with van der Waals surface area (Å²) in [4.78, 5) is 36.6. The first-order chi connectivity index (χ1) is 34.4. The predicted octanol–water partition coefficient (Wildman–Crippen LogP) is 12.5. The Morgan fingerprint density at radius 3 is 1.64 bits per heavy atom. The van der Waals surface area contributed by atoms with E-state index in [0.717, 1.165) is 42.7 Å². The van der Waals surface area contributed by atoms with Crippen LogP contribution in [0.15, 0.2) is 227 Å². The molecule has 9 heteroatoms. The van der Waals surface area contributed by atoms with Crippen molar-refractivity contribution in [2.75, 3.05) is 51.3 Å². The van der Waals surface area contributed by atoms with Crippen LogP contribution in [0, 0.1) is 5.82 Å². The molecule has 1 fully saturated rings. The molecule has 9 rings (SSSR count). The van der Waals surface area contributed by atoms with Gasteiger partial charge in [-0.25, -0.2) is 9.18 Å². The van der Waals surface area contributed by atoms with Crippen LogP contribution in [0.3, 0.4) is 0 Å². The van der Waals surface area contributed by atoms with Crippen LogP contribution in [-0.4, -0.2) is 85.1 Å². The van der Waals surface area contributed by atoms with Gasteiger partial charge in [0.05, 0.1) is 24.0 Å². The van der Waals surface area contributed by atoms with Gasteiger partial charge in [0.15, 0.2) is 0 Å². The number of thioether (sulfide) groups is 1. The molecule has 1 saturated heterocycles. The van der Waals surface area contributed by atoms with Crippen LogP contribution in [0.1, 0.15) is 47.9 Å². The lowest BCUT2D eigenvalue weighted by molar-refractivity contribution is -0.137. The molecule has 2 heterocycles. The largest absolute Gasteiger partial charge is 0.466 e. The second kappa shape index (κ2) is 23.1. The number of esters is 1. The number of nitrogens with zero attached hydrogens (tertiary/aromatic N) is 2. The zero-order valence-electron chi connectivity index (χ0n) is 39.9. The number of halogens is 1. The number of benzene rings is 7. The Morgan fingerprint density at radius 2 is 1.16 bits per heavy atom. The SMILES string of the molecule is COC(=O)C1=C(c2ccc(F)cc2)CC2CCC1N2CCCN(CCS(c1ccccc1)(c1ccccc1)c1ccccc1)CC(=O)NCCSC(c1ccccc1)(c1ccccc1)c1ccccc1. The van der Waals surface area contributed by atoms with Gasteiger partial charge in [-0.3, -0.25) is 14.6 Å². The van der Waals surface area contributed by atoms with E-state index in [0.29, 0.717) is 37.4 Å². The number of hydrogen-bond acceptors (Lipinski definition) is 6. The van der Waals surface area contributed by atoms with E-state index < -0.39 is 14.8 Å². The average Bonchev–Trinajstić information content (AvgIpc) is 3.69. The molecule has 0 spiro atoms. The van der Waals surface area contributed by atoms with Crippen molar-refractivity contribution < 1.29 is 18.7 Å². The maximum Gasteiger partial charge on any atom is 0.335 e. The molecule has 2 aliphatic rings. The molecule has 1 N–H and O–H groups in total. The molecular formula is C61H62FN3O3S2. The van der Waals surface area contributed by atoms with Gasteiger partial charge < -0.3 is 10.1 Å². The number of ether oxygens (including phenoxy) is 1. The average molecular weight is 968 g/mol. The van der Waals surface area contributed by atoms with Crippen LogP contribution in [0.2, 0.25) is 0 Å². The minimum Gasteiger partial charge on any atom is -0.466 e. The van der Waals surface area contributed by atoms with E-state index in [1.165, 1.54) is 50.6 Å². The molecule has 0 radical (unpaired) electrons. The molecule has 7 aromatic rings. The van der Waals surface area contributed by atoms with E-state index in [9.17, 15) is 14.0 Å². The number of amides is 1. The van der Waals surface area contributed by atoms with Gasteiger partial charge in [0.1, 0.15) is 5.82 Å². The van der Waals surface area contributed by atoms with Crippen molar-refractivity contribution in [1.82, 2.24) is 15.1 Å². The summed E-state index contributed by atoms with van der Waals surface area (Å²) in [5.74, 6) is 0.909. The zero-order chi connectivity index (χ0) is 48.2. The summed E-state index contributed by atoms with van der Waals surface area (Å²) in [6.45, 7) is 2.94. The third kappa shape index (κ3) is 10.6. The Balaban J connectivity index is 0.967. The lowest BCUT2D eigenvalue weighted by atomic mass is 9.84. The molecule has 0 aromatic heterocycles. The highest BCUT2D eigenvalue weighted by Crippen LogP contribution is 2.68. The second-order valence-electron chi connectivity index (χ2n) is 18.1. The fraction of sp³-hybridized carbons (Fsp3) is 0.246. The number of rotatable bonds is 21. The quantitative estimate of drug-likeness (QED) is 0.0440. The van der Waals surface area contributed by atoms with Crippen LogP contribution >= 0.6 is 21.8 Å². The van der Waals surface area contributed by atoms with Crippen LogP contribution < -0.4 is 5.32 Å². The lowest BCUT2D eigenvalue weighted by Gasteiger charge is -2.43. The summed E-state index contributed by atoms with van der Waals surface area (Å²) in [5.41, 5.74) is 6.11. The molecule has 2 atom stereocenters. The first-order valence-corrected chi connectivity index (χ1v) is 27.3. The van der Waals surface area contributed by atoms with Crippen molar-refractivity contribution in [2.45, 2.75) is 57.2 Å². The van der Waals surface area contributed by atoms with Crippen molar-refractivity contribution in [3.63, 3.8) is 0 Å². The van der Waals surface area contributed by atoms with Gasteiger partial charge in [-0.1, -0.05) is 158 Å². The maximum atomic E-state index is 14.4. The van der Waals surface area contributed by atoms with Crippen LogP contribution in [0.4, 0.5) is 4.39 Å². The topological polar surface area (TPSA) is 61.9 Å². The van der Waals surface area contributed by atoms with Gasteiger partial charge in [-0.05, 0) is 123 Å². The highest BCUT2D eigenvalue weighted by molar-refractivity contribution is 8.33. The summed E-state index contributed by atoms with van der Waals surface area (Å²) >= 11 is 1.85. The Hall–Kier alpha value is -6.23. The molecular weight excluding hydrogens is 906 g/mol. The van der Waals surface area contributed by atoms with Crippen molar-refractivity contribution in [1.29, 1.82) is 0 Å². The Bertz CT molecular complexity index is 2610. The van der Waals surface area contributed by atoms with Crippen LogP contribution in [0.25, 0.3) is 5.57 Å². The molecule has 6 nitrogen and oxygen atoms in total. The van der Waals surface area contributed by atoms with E-state index in [1.807, 2.05) is 11.8 Å². The van der Waals surface area contributed by atoms with Crippen molar-refractivity contribution in [2.24, 2.45) is 0 Å². The van der Waals surface area contributed by atoms with E-state index in [2.05, 4.69) is 197 Å². The zero-order valence-corrected chi connectivity index (χ0v) is 41.5. The molecule has 2 bridgehead atoms. The first kappa shape index (κ1) is 48.8. The summed E-state index contributed by atoms with van der Waals surface area (Å²) in [5, 5.41) is 3.36. The van der Waals surface area contributed by atoms with E-state index >= 15 is 0 Å². The summed E-state index contributed by atoms with van der Waals surface area (Å²) in [6, 6.07) is 71.4. The smallest absolute Gasteiger partial charge is 0.335 e. The Labute approximate surface area is 419 Å². The molecule has 2 aliphatic heterocycles. The fourth-order valence-electron chi connectivity index (χ4n) is 10.8. The van der Waals surface area contributed by atoms with E-state index in [4.69, 9.17) is 4.74 Å². The maximum absolute atomic E-state index is 14.4. The molecule has 70 heavy (non-hydrogen) atoms. The highest BCUT2D eigenvalue weighted by atomic mass is 32.3. The number of nitrogens with one attached hydrogen (secondary N) is 1. The monoisotopic (exact) mass is 967 g/mol. The van der Waals surface area contributed by atoms with Crippen molar-refractivity contribution in [3.8, 4) is 0 Å². The molecule has 0 saturated carbocycles. The molecule has 358 valence electrons. The van der Waals surface area contributed by atoms with Gasteiger partial charge in [0, 0.05) is 43.2 Å². The predicted molar refractivity (Wildman–Crippen MR) is 286 cm³/mol. The third-order valence-corrected chi connectivity index (χ3v) is 19.6.